The first-order chi connectivity index (χ1) is 29.6. The van der Waals surface area contributed by atoms with Crippen LogP contribution in [-0.2, 0) is 44.7 Å². The molecule has 354 valence electrons. The molecule has 0 radical (unpaired) electrons. The topological polar surface area (TPSA) is 195 Å². The minimum absolute atomic E-state index is 0.0348. The molecule has 1 saturated carbocycles. The Kier molecular flexibility index (Phi) is 20.4. The smallest absolute Gasteiger partial charge is 0.385 e. The molecule has 1 aromatic carbocycles. The maximum Gasteiger partial charge on any atom is 0.403 e. The summed E-state index contributed by atoms with van der Waals surface area (Å²) >= 11 is 12.8. The van der Waals surface area contributed by atoms with Gasteiger partial charge in [-0.2, -0.15) is 13.2 Å². The maximum atomic E-state index is 14.5. The maximum absolute atomic E-state index is 14.5. The molecular weight excluding hydrogens is 870 g/mol. The Bertz CT molecular complexity index is 1780. The number of ether oxygens (including phenoxy) is 1. The summed E-state index contributed by atoms with van der Waals surface area (Å²) in [5.74, 6) is -5.48. The van der Waals surface area contributed by atoms with Gasteiger partial charge < -0.3 is 41.1 Å². The van der Waals surface area contributed by atoms with Gasteiger partial charge in [0.15, 0.2) is 0 Å². The van der Waals surface area contributed by atoms with Gasteiger partial charge in [-0.05, 0) is 87.5 Å². The Labute approximate surface area is 378 Å². The number of methoxy groups -OCH3 is 1. The molecule has 0 spiro atoms. The monoisotopic (exact) mass is 933 g/mol. The van der Waals surface area contributed by atoms with Crippen molar-refractivity contribution in [3.63, 3.8) is 0 Å². The van der Waals surface area contributed by atoms with Crippen LogP contribution < -0.4 is 26.6 Å². The molecule has 0 aromatic heterocycles. The minimum atomic E-state index is -4.81. The van der Waals surface area contributed by atoms with Crippen molar-refractivity contribution >= 4 is 64.6 Å². The lowest BCUT2D eigenvalue weighted by Crippen LogP contribution is -2.61. The summed E-state index contributed by atoms with van der Waals surface area (Å²) in [7, 11) is 4.15. The van der Waals surface area contributed by atoms with E-state index in [4.69, 9.17) is 27.9 Å². The molecule has 5 N–H and O–H groups in total. The lowest BCUT2D eigenvalue weighted by Gasteiger charge is -2.42. The Balaban J connectivity index is 1.99. The highest BCUT2D eigenvalue weighted by molar-refractivity contribution is 6.33. The molecule has 7 amide bonds. The first-order valence-corrected chi connectivity index (χ1v) is 22.4. The molecule has 0 unspecified atom stereocenters. The van der Waals surface area contributed by atoms with Crippen LogP contribution in [0.3, 0.4) is 0 Å². The number of hydrogen-bond acceptors (Lipinski definition) is 8. The van der Waals surface area contributed by atoms with Crippen molar-refractivity contribution in [3.8, 4) is 0 Å². The summed E-state index contributed by atoms with van der Waals surface area (Å²) in [6, 6.07) is -2.57. The SMILES string of the molecule is CCC[C@H]1NC(=O)[C@H](Cc2cc(Cl)ccc2Cl)N(C)C(=O)[C@H](CC(C)C)NC(=O)[C@@H](N(C)C(=O)[C@H](CCOC)NC(=O)[C@H](CC)NC(=O)C2(C(F)(F)F)CCC2)CCCCNC1=O. The van der Waals surface area contributed by atoms with E-state index in [0.29, 0.717) is 41.3 Å². The van der Waals surface area contributed by atoms with Gasteiger partial charge >= 0.3 is 6.18 Å². The molecule has 6 atom stereocenters. The highest BCUT2D eigenvalue weighted by Crippen LogP contribution is 2.53. The summed E-state index contributed by atoms with van der Waals surface area (Å²) in [5.41, 5.74) is -2.13. The number of alkyl halides is 3. The minimum Gasteiger partial charge on any atom is -0.385 e. The van der Waals surface area contributed by atoms with E-state index in [1.165, 1.54) is 33.0 Å². The molecule has 1 aliphatic heterocycles. The van der Waals surface area contributed by atoms with Crippen LogP contribution in [-0.4, -0.2) is 128 Å². The van der Waals surface area contributed by atoms with Crippen LogP contribution in [0.15, 0.2) is 18.2 Å². The molecule has 1 saturated heterocycles. The quantitative estimate of drug-likeness (QED) is 0.160. The number of benzene rings is 1. The van der Waals surface area contributed by atoms with E-state index in [1.807, 2.05) is 20.8 Å². The number of halogens is 5. The second kappa shape index (κ2) is 24.2. The summed E-state index contributed by atoms with van der Waals surface area (Å²) in [5, 5.41) is 13.9. The zero-order valence-corrected chi connectivity index (χ0v) is 38.7. The highest BCUT2D eigenvalue weighted by Gasteiger charge is 2.63. The van der Waals surface area contributed by atoms with Gasteiger partial charge in [-0.15, -0.1) is 0 Å². The molecular formula is C43H64Cl2F3N7O8. The molecule has 1 aliphatic carbocycles. The van der Waals surface area contributed by atoms with E-state index in [-0.39, 0.29) is 57.6 Å². The number of nitrogens with zero attached hydrogens (tertiary/aromatic N) is 2. The average molecular weight is 935 g/mol. The number of likely N-dealkylation sites (N-methyl/N-ethyl adjacent to an activating group) is 2. The van der Waals surface area contributed by atoms with Crippen LogP contribution in [0, 0.1) is 11.3 Å². The van der Waals surface area contributed by atoms with Crippen LogP contribution in [0.2, 0.25) is 10.0 Å². The Morgan fingerprint density at radius 1 is 0.968 bits per heavy atom. The lowest BCUT2D eigenvalue weighted by molar-refractivity contribution is -0.243. The highest BCUT2D eigenvalue weighted by atomic mass is 35.5. The molecule has 1 aromatic rings. The Hall–Kier alpha value is -4.16. The number of amides is 7. The number of rotatable bonds is 16. The number of carbonyl (C=O) groups excluding carboxylic acids is 7. The summed E-state index contributed by atoms with van der Waals surface area (Å²) in [6.45, 7) is 7.20. The van der Waals surface area contributed by atoms with Crippen molar-refractivity contribution in [3.05, 3.63) is 33.8 Å². The summed E-state index contributed by atoms with van der Waals surface area (Å²) < 4.78 is 47.0. The zero-order chi connectivity index (χ0) is 47.2. The second-order valence-electron chi connectivity index (χ2n) is 16.9. The van der Waals surface area contributed by atoms with Crippen LogP contribution in [0.5, 0.6) is 0 Å². The molecule has 63 heavy (non-hydrogen) atoms. The van der Waals surface area contributed by atoms with Crippen molar-refractivity contribution in [2.24, 2.45) is 11.3 Å². The first-order valence-electron chi connectivity index (χ1n) is 21.6. The van der Waals surface area contributed by atoms with Crippen molar-refractivity contribution < 1.29 is 51.5 Å². The fraction of sp³-hybridized carbons (Fsp3) is 0.698. The standard InChI is InChI=1S/C43H64Cl2F3N7O8/c1-8-13-30-35(56)49-20-11-10-14-33(37(58)52-32(22-25(3)4)40(61)55(6)34(38(59)50-30)24-26-23-27(44)15-16-28(26)45)54(5)39(60)31(17-21-63-7)51-36(57)29(9-2)53-41(62)42(18-12-19-42)43(46,47)48/h15-16,23,25,29-34H,8-14,17-22,24H2,1-7H3,(H,49,56)(H,50,59)(H,51,57)(H,52,58)(H,53,62)/t29-,30+,31-,32-,33-,34-/m0/s1. The van der Waals surface area contributed by atoms with Gasteiger partial charge in [0.05, 0.1) is 0 Å². The predicted octanol–water partition coefficient (Wildman–Crippen LogP) is 4.45. The summed E-state index contributed by atoms with van der Waals surface area (Å²) in [6.07, 6.45) is -3.94. The molecule has 1 heterocycles. The molecule has 2 fully saturated rings. The van der Waals surface area contributed by atoms with Gasteiger partial charge in [-0.3, -0.25) is 33.6 Å². The number of hydrogen-bond donors (Lipinski definition) is 5. The predicted molar refractivity (Wildman–Crippen MR) is 231 cm³/mol. The molecule has 3 rings (SSSR count). The van der Waals surface area contributed by atoms with E-state index in [0.717, 1.165) is 4.90 Å². The largest absolute Gasteiger partial charge is 0.403 e. The fourth-order valence-corrected chi connectivity index (χ4v) is 8.17. The van der Waals surface area contributed by atoms with Crippen LogP contribution in [0.4, 0.5) is 13.2 Å². The second-order valence-corrected chi connectivity index (χ2v) is 17.8. The normalized spacial score (nSPS) is 22.5. The van der Waals surface area contributed by atoms with Gasteiger partial charge in [0, 0.05) is 50.8 Å². The van der Waals surface area contributed by atoms with E-state index in [1.54, 1.807) is 18.2 Å². The van der Waals surface area contributed by atoms with E-state index >= 15 is 0 Å². The molecule has 15 nitrogen and oxygen atoms in total. The fourth-order valence-electron chi connectivity index (χ4n) is 7.78. The number of nitrogens with one attached hydrogen (secondary N) is 5. The molecule has 20 heteroatoms. The van der Waals surface area contributed by atoms with Crippen molar-refractivity contribution in [1.29, 1.82) is 0 Å². The van der Waals surface area contributed by atoms with Crippen LogP contribution in [0.25, 0.3) is 0 Å². The number of carbonyl (C=O) groups is 7. The van der Waals surface area contributed by atoms with E-state index in [9.17, 15) is 46.7 Å². The third kappa shape index (κ3) is 14.2. The van der Waals surface area contributed by atoms with Crippen molar-refractivity contribution in [2.75, 3.05) is 34.4 Å². The van der Waals surface area contributed by atoms with Crippen molar-refractivity contribution in [1.82, 2.24) is 36.4 Å². The van der Waals surface area contributed by atoms with Crippen LogP contribution in [0.1, 0.15) is 104 Å². The zero-order valence-electron chi connectivity index (χ0n) is 37.2. The Morgan fingerprint density at radius 3 is 2.21 bits per heavy atom. The Morgan fingerprint density at radius 2 is 1.63 bits per heavy atom. The van der Waals surface area contributed by atoms with Crippen molar-refractivity contribution in [2.45, 2.75) is 147 Å². The third-order valence-electron chi connectivity index (χ3n) is 11.8. The van der Waals surface area contributed by atoms with Gasteiger partial charge in [-0.25, -0.2) is 0 Å². The van der Waals surface area contributed by atoms with Crippen LogP contribution >= 0.6 is 23.2 Å². The van der Waals surface area contributed by atoms with Gasteiger partial charge in [0.2, 0.25) is 41.4 Å². The third-order valence-corrected chi connectivity index (χ3v) is 12.4. The summed E-state index contributed by atoms with van der Waals surface area (Å²) in [4.78, 5) is 99.7. The van der Waals surface area contributed by atoms with E-state index in [2.05, 4.69) is 26.6 Å². The molecule has 0 bridgehead atoms. The van der Waals surface area contributed by atoms with Gasteiger partial charge in [-0.1, -0.05) is 63.7 Å². The average Bonchev–Trinajstić information content (AvgIpc) is 3.19. The van der Waals surface area contributed by atoms with Gasteiger partial charge in [0.25, 0.3) is 0 Å². The first kappa shape index (κ1) is 53.2. The molecule has 2 aliphatic rings. The lowest BCUT2D eigenvalue weighted by atomic mass is 9.67. The van der Waals surface area contributed by atoms with E-state index < -0.39 is 102 Å². The van der Waals surface area contributed by atoms with Gasteiger partial charge in [0.1, 0.15) is 41.7 Å².